The number of nitrogens with two attached hydrogens (primary N) is 2. The summed E-state index contributed by atoms with van der Waals surface area (Å²) in [5, 5.41) is 13.4. The molecule has 0 bridgehead atoms. The van der Waals surface area contributed by atoms with Crippen LogP contribution in [-0.2, 0) is 0 Å². The molecule has 1 aromatic heterocycles. The van der Waals surface area contributed by atoms with Crippen molar-refractivity contribution in [3.8, 4) is 5.69 Å². The number of benzene rings is 1. The summed E-state index contributed by atoms with van der Waals surface area (Å²) in [7, 11) is 0. The van der Waals surface area contributed by atoms with E-state index in [4.69, 9.17) is 11.5 Å². The van der Waals surface area contributed by atoms with Crippen LogP contribution in [0.2, 0.25) is 0 Å². The van der Waals surface area contributed by atoms with Crippen molar-refractivity contribution < 1.29 is 9.90 Å². The fourth-order valence-electron chi connectivity index (χ4n) is 3.72. The quantitative estimate of drug-likeness (QED) is 0.726. The van der Waals surface area contributed by atoms with E-state index >= 15 is 0 Å². The molecule has 0 spiro atoms. The molecule has 0 radical (unpaired) electrons. The Morgan fingerprint density at radius 2 is 1.82 bits per heavy atom. The van der Waals surface area contributed by atoms with E-state index in [0.29, 0.717) is 5.82 Å². The molecule has 1 fully saturated rings. The van der Waals surface area contributed by atoms with Gasteiger partial charge in [-0.05, 0) is 52.7 Å². The lowest BCUT2D eigenvalue weighted by molar-refractivity contribution is 0.0491. The number of aryl methyl sites for hydroxylation is 1. The first kappa shape index (κ1) is 21.8. The van der Waals surface area contributed by atoms with Crippen LogP contribution in [0.3, 0.4) is 0 Å². The molecule has 7 heteroatoms. The molecule has 1 aliphatic carbocycles. The maximum absolute atomic E-state index is 11.3. The molecule has 7 nitrogen and oxygen atoms in total. The van der Waals surface area contributed by atoms with Crippen molar-refractivity contribution in [3.63, 3.8) is 0 Å². The van der Waals surface area contributed by atoms with Crippen molar-refractivity contribution in [2.45, 2.75) is 71.0 Å². The fraction of sp³-hybridized carbons (Fsp3) is 0.524. The van der Waals surface area contributed by atoms with Gasteiger partial charge in [0.05, 0.1) is 11.7 Å². The van der Waals surface area contributed by atoms with Crippen LogP contribution >= 0.6 is 0 Å². The summed E-state index contributed by atoms with van der Waals surface area (Å²) >= 11 is 0. The van der Waals surface area contributed by atoms with E-state index < -0.39 is 6.09 Å². The Morgan fingerprint density at radius 3 is 2.29 bits per heavy atom. The molecule has 1 saturated carbocycles. The van der Waals surface area contributed by atoms with Crippen molar-refractivity contribution in [2.24, 2.45) is 5.73 Å². The fourth-order valence-corrected chi connectivity index (χ4v) is 3.72. The summed E-state index contributed by atoms with van der Waals surface area (Å²) in [6.45, 7) is 7.74. The Balaban J connectivity index is 0.000000202. The van der Waals surface area contributed by atoms with Gasteiger partial charge in [-0.25, -0.2) is 9.48 Å². The summed E-state index contributed by atoms with van der Waals surface area (Å²) < 4.78 is 1.83. The molecule has 3 rings (SSSR count). The number of carboxylic acid groups (broad SMARTS) is 1. The lowest BCUT2D eigenvalue weighted by atomic mass is 9.87. The van der Waals surface area contributed by atoms with Crippen molar-refractivity contribution in [3.05, 3.63) is 42.1 Å². The zero-order valence-corrected chi connectivity index (χ0v) is 17.3. The first-order chi connectivity index (χ1) is 13.1. The number of aromatic nitrogens is 2. The van der Waals surface area contributed by atoms with Crippen molar-refractivity contribution in [1.29, 1.82) is 0 Å². The van der Waals surface area contributed by atoms with Gasteiger partial charge in [0.1, 0.15) is 5.82 Å². The van der Waals surface area contributed by atoms with Crippen LogP contribution in [0.1, 0.15) is 52.1 Å². The van der Waals surface area contributed by atoms with Gasteiger partial charge in [0.15, 0.2) is 0 Å². The minimum absolute atomic E-state index is 0.00549. The molecule has 2 aromatic rings. The number of hydrogen-bond donors (Lipinski definition) is 3. The molecule has 1 heterocycles. The van der Waals surface area contributed by atoms with Crippen LogP contribution < -0.4 is 11.5 Å². The SMILES string of the molecule is CC(C)(C)N(C(=O)O)[C@H]1CCCC[C@H]1N.Cc1cc(N)nn1-c1ccccc1. The molecule has 5 N–H and O–H groups in total. The van der Waals surface area contributed by atoms with E-state index in [1.165, 1.54) is 4.90 Å². The van der Waals surface area contributed by atoms with Gasteiger partial charge in [0.25, 0.3) is 0 Å². The minimum Gasteiger partial charge on any atom is -0.465 e. The average molecular weight is 388 g/mol. The lowest BCUT2D eigenvalue weighted by Gasteiger charge is -2.44. The minimum atomic E-state index is -0.857. The van der Waals surface area contributed by atoms with Crippen LogP contribution in [0.15, 0.2) is 36.4 Å². The summed E-state index contributed by atoms with van der Waals surface area (Å²) in [5.41, 5.74) is 13.3. The summed E-state index contributed by atoms with van der Waals surface area (Å²) in [4.78, 5) is 12.8. The van der Waals surface area contributed by atoms with Crippen LogP contribution in [0.4, 0.5) is 10.6 Å². The number of nitrogen functional groups attached to an aromatic ring is 1. The van der Waals surface area contributed by atoms with Gasteiger partial charge >= 0.3 is 6.09 Å². The number of para-hydroxylation sites is 1. The van der Waals surface area contributed by atoms with Crippen molar-refractivity contribution >= 4 is 11.9 Å². The first-order valence-electron chi connectivity index (χ1n) is 9.76. The zero-order chi connectivity index (χ0) is 20.9. The number of nitrogens with zero attached hydrogens (tertiary/aromatic N) is 3. The highest BCUT2D eigenvalue weighted by Gasteiger charge is 2.37. The zero-order valence-electron chi connectivity index (χ0n) is 17.3. The Bertz CT molecular complexity index is 767. The summed E-state index contributed by atoms with van der Waals surface area (Å²) in [5.74, 6) is 0.557. The van der Waals surface area contributed by atoms with Gasteiger partial charge in [-0.2, -0.15) is 5.10 Å². The molecule has 1 amide bonds. The molecule has 0 aliphatic heterocycles. The molecule has 154 valence electrons. The largest absolute Gasteiger partial charge is 0.465 e. The molecule has 0 unspecified atom stereocenters. The van der Waals surface area contributed by atoms with Crippen LogP contribution in [-0.4, -0.2) is 43.5 Å². The van der Waals surface area contributed by atoms with E-state index in [0.717, 1.165) is 37.1 Å². The number of carbonyl (C=O) groups is 1. The molecule has 1 aromatic carbocycles. The number of rotatable bonds is 2. The monoisotopic (exact) mass is 387 g/mol. The molecular weight excluding hydrogens is 354 g/mol. The Hall–Kier alpha value is -2.54. The second-order valence-corrected chi connectivity index (χ2v) is 8.30. The third-order valence-electron chi connectivity index (χ3n) is 4.95. The average Bonchev–Trinajstić information content (AvgIpc) is 2.95. The first-order valence-corrected chi connectivity index (χ1v) is 9.76. The number of amides is 1. The smallest absolute Gasteiger partial charge is 0.408 e. The lowest BCUT2D eigenvalue weighted by Crippen LogP contribution is -2.58. The van der Waals surface area contributed by atoms with Gasteiger partial charge in [-0.15, -0.1) is 0 Å². The molecule has 0 saturated heterocycles. The van der Waals surface area contributed by atoms with E-state index in [-0.39, 0.29) is 17.6 Å². The van der Waals surface area contributed by atoms with Crippen LogP contribution in [0.25, 0.3) is 5.69 Å². The Labute approximate surface area is 167 Å². The second-order valence-electron chi connectivity index (χ2n) is 8.30. The topological polar surface area (TPSA) is 110 Å². The standard InChI is InChI=1S/C11H22N2O2.C10H11N3/c1-11(2,3)13(10(14)15)9-7-5-4-6-8(9)12;1-8-7-10(11)12-13(8)9-5-3-2-4-6-9/h8-9H,4-7,12H2,1-3H3,(H,14,15);2-7H,1H3,(H2,11,12)/t8-,9+;/m1./s1. The Kier molecular flexibility index (Phi) is 7.07. The van der Waals surface area contributed by atoms with E-state index in [1.54, 1.807) is 0 Å². The van der Waals surface area contributed by atoms with Gasteiger partial charge in [-0.3, -0.25) is 4.90 Å². The van der Waals surface area contributed by atoms with Crippen molar-refractivity contribution in [1.82, 2.24) is 14.7 Å². The molecule has 1 aliphatic rings. The molecule has 2 atom stereocenters. The van der Waals surface area contributed by atoms with Gasteiger partial charge < -0.3 is 16.6 Å². The number of anilines is 1. The normalized spacial score (nSPS) is 19.5. The Morgan fingerprint density at radius 1 is 1.21 bits per heavy atom. The van der Waals surface area contributed by atoms with Crippen LogP contribution in [0, 0.1) is 6.92 Å². The van der Waals surface area contributed by atoms with Crippen molar-refractivity contribution in [2.75, 3.05) is 5.73 Å². The highest BCUT2D eigenvalue weighted by Crippen LogP contribution is 2.27. The highest BCUT2D eigenvalue weighted by molar-refractivity contribution is 5.66. The highest BCUT2D eigenvalue weighted by atomic mass is 16.4. The number of hydrogen-bond acceptors (Lipinski definition) is 4. The summed E-state index contributed by atoms with van der Waals surface area (Å²) in [6, 6.07) is 11.8. The van der Waals surface area contributed by atoms with E-state index in [9.17, 15) is 9.90 Å². The molecular formula is C21H33N5O2. The third-order valence-corrected chi connectivity index (χ3v) is 4.95. The van der Waals surface area contributed by atoms with E-state index in [1.807, 2.05) is 68.8 Å². The third kappa shape index (κ3) is 5.48. The molecule has 28 heavy (non-hydrogen) atoms. The van der Waals surface area contributed by atoms with E-state index in [2.05, 4.69) is 5.10 Å². The van der Waals surface area contributed by atoms with Crippen LogP contribution in [0.5, 0.6) is 0 Å². The van der Waals surface area contributed by atoms with Gasteiger partial charge in [-0.1, -0.05) is 31.0 Å². The predicted octanol–water partition coefficient (Wildman–Crippen LogP) is 3.80. The summed E-state index contributed by atoms with van der Waals surface area (Å²) in [6.07, 6.45) is 3.17. The predicted molar refractivity (Wildman–Crippen MR) is 113 cm³/mol. The van der Waals surface area contributed by atoms with Gasteiger partial charge in [0.2, 0.25) is 0 Å². The second kappa shape index (κ2) is 9.10. The maximum atomic E-state index is 11.3. The maximum Gasteiger partial charge on any atom is 0.408 e. The van der Waals surface area contributed by atoms with Gasteiger partial charge in [0, 0.05) is 23.3 Å².